The third-order valence-electron chi connectivity index (χ3n) is 5.80. The minimum atomic E-state index is 0.256. The molecule has 3 atom stereocenters. The second-order valence-electron chi connectivity index (χ2n) is 7.57. The van der Waals surface area contributed by atoms with Crippen LogP contribution in [-0.4, -0.2) is 24.8 Å². The van der Waals surface area contributed by atoms with E-state index < -0.39 is 0 Å². The molecule has 118 valence electrons. The third kappa shape index (κ3) is 3.76. The van der Waals surface area contributed by atoms with E-state index in [0.29, 0.717) is 6.04 Å². The molecule has 0 aromatic heterocycles. The van der Waals surface area contributed by atoms with Crippen molar-refractivity contribution in [1.82, 2.24) is 5.32 Å². The highest BCUT2D eigenvalue weighted by molar-refractivity contribution is 4.95. The molecule has 0 bridgehead atoms. The summed E-state index contributed by atoms with van der Waals surface area (Å²) in [6.45, 7) is 11.6. The Morgan fingerprint density at radius 3 is 2.50 bits per heavy atom. The van der Waals surface area contributed by atoms with Gasteiger partial charge < -0.3 is 10.1 Å². The van der Waals surface area contributed by atoms with Crippen LogP contribution in [-0.2, 0) is 4.74 Å². The largest absolute Gasteiger partial charge is 0.375 e. The molecule has 1 N–H and O–H groups in total. The molecule has 1 aliphatic heterocycles. The maximum absolute atomic E-state index is 6.22. The maximum atomic E-state index is 6.22. The first-order valence-electron chi connectivity index (χ1n) is 8.95. The zero-order valence-electron chi connectivity index (χ0n) is 14.1. The zero-order chi connectivity index (χ0) is 14.6. The molecule has 1 heterocycles. The highest BCUT2D eigenvalue weighted by atomic mass is 16.5. The van der Waals surface area contributed by atoms with Gasteiger partial charge >= 0.3 is 0 Å². The van der Waals surface area contributed by atoms with Crippen molar-refractivity contribution in [2.75, 3.05) is 13.2 Å². The van der Waals surface area contributed by atoms with Crippen molar-refractivity contribution in [2.45, 2.75) is 84.3 Å². The summed E-state index contributed by atoms with van der Waals surface area (Å²) >= 11 is 0. The normalized spacial score (nSPS) is 28.9. The standard InChI is InChI=1S/C18H35NO/c1-5-11-19-17(15(4)14(2)3)16-8-12-20-18(13-16)9-6-7-10-18/h14-17,19H,5-13H2,1-4H3. The predicted molar refractivity (Wildman–Crippen MR) is 86.0 cm³/mol. The van der Waals surface area contributed by atoms with Gasteiger partial charge in [0.25, 0.3) is 0 Å². The number of ether oxygens (including phenoxy) is 1. The molecule has 3 unspecified atom stereocenters. The molecular formula is C18H35NO. The second-order valence-corrected chi connectivity index (χ2v) is 7.57. The molecule has 1 aliphatic carbocycles. The molecule has 0 radical (unpaired) electrons. The van der Waals surface area contributed by atoms with E-state index in [4.69, 9.17) is 4.74 Å². The lowest BCUT2D eigenvalue weighted by molar-refractivity contribution is -0.101. The van der Waals surface area contributed by atoms with Gasteiger partial charge in [0.2, 0.25) is 0 Å². The maximum Gasteiger partial charge on any atom is 0.0685 e. The van der Waals surface area contributed by atoms with Crippen molar-refractivity contribution < 1.29 is 4.74 Å². The summed E-state index contributed by atoms with van der Waals surface area (Å²) < 4.78 is 6.22. The van der Waals surface area contributed by atoms with Gasteiger partial charge in [0, 0.05) is 12.6 Å². The highest BCUT2D eigenvalue weighted by Gasteiger charge is 2.43. The van der Waals surface area contributed by atoms with E-state index in [1.54, 1.807) is 0 Å². The number of hydrogen-bond donors (Lipinski definition) is 1. The van der Waals surface area contributed by atoms with Crippen LogP contribution in [0.4, 0.5) is 0 Å². The Morgan fingerprint density at radius 2 is 1.90 bits per heavy atom. The van der Waals surface area contributed by atoms with Crippen molar-refractivity contribution in [3.63, 3.8) is 0 Å². The summed E-state index contributed by atoms with van der Waals surface area (Å²) in [5.74, 6) is 2.32. The predicted octanol–water partition coefficient (Wildman–Crippen LogP) is 4.39. The lowest BCUT2D eigenvalue weighted by Gasteiger charge is -2.44. The molecule has 0 aromatic carbocycles. The van der Waals surface area contributed by atoms with Crippen LogP contribution in [0.1, 0.15) is 72.6 Å². The van der Waals surface area contributed by atoms with Crippen LogP contribution in [0.25, 0.3) is 0 Å². The fourth-order valence-electron chi connectivity index (χ4n) is 4.25. The Hall–Kier alpha value is -0.0800. The monoisotopic (exact) mass is 281 g/mol. The van der Waals surface area contributed by atoms with E-state index in [1.807, 2.05) is 0 Å². The van der Waals surface area contributed by atoms with E-state index >= 15 is 0 Å². The Labute approximate surface area is 126 Å². The first-order chi connectivity index (χ1) is 9.58. The smallest absolute Gasteiger partial charge is 0.0685 e. The van der Waals surface area contributed by atoms with Crippen LogP contribution in [0, 0.1) is 17.8 Å². The van der Waals surface area contributed by atoms with Gasteiger partial charge in [0.15, 0.2) is 0 Å². The SMILES string of the molecule is CCCNC(C1CCOC2(CCCC2)C1)C(C)C(C)C. The summed E-state index contributed by atoms with van der Waals surface area (Å²) in [6, 6.07) is 0.677. The van der Waals surface area contributed by atoms with E-state index in [-0.39, 0.29) is 5.60 Å². The number of rotatable bonds is 6. The van der Waals surface area contributed by atoms with E-state index in [2.05, 4.69) is 33.0 Å². The van der Waals surface area contributed by atoms with E-state index in [1.165, 1.54) is 44.9 Å². The van der Waals surface area contributed by atoms with Gasteiger partial charge in [-0.3, -0.25) is 0 Å². The molecular weight excluding hydrogens is 246 g/mol. The molecule has 2 heteroatoms. The summed E-state index contributed by atoms with van der Waals surface area (Å²) in [6.07, 6.45) is 9.14. The molecule has 2 fully saturated rings. The molecule has 2 rings (SSSR count). The quantitative estimate of drug-likeness (QED) is 0.780. The summed E-state index contributed by atoms with van der Waals surface area (Å²) in [7, 11) is 0. The van der Waals surface area contributed by atoms with E-state index in [0.717, 1.165) is 30.9 Å². The Balaban J connectivity index is 2.03. The summed E-state index contributed by atoms with van der Waals surface area (Å²) in [5, 5.41) is 3.87. The van der Waals surface area contributed by atoms with Gasteiger partial charge in [-0.15, -0.1) is 0 Å². The van der Waals surface area contributed by atoms with Crippen molar-refractivity contribution in [2.24, 2.45) is 17.8 Å². The second kappa shape index (κ2) is 7.26. The minimum absolute atomic E-state index is 0.256. The first kappa shape index (κ1) is 16.3. The molecule has 1 saturated heterocycles. The van der Waals surface area contributed by atoms with Gasteiger partial charge in [0.1, 0.15) is 0 Å². The fourth-order valence-corrected chi connectivity index (χ4v) is 4.25. The van der Waals surface area contributed by atoms with Gasteiger partial charge in [-0.1, -0.05) is 40.5 Å². The van der Waals surface area contributed by atoms with Gasteiger partial charge in [-0.2, -0.15) is 0 Å². The highest BCUT2D eigenvalue weighted by Crippen LogP contribution is 2.44. The van der Waals surface area contributed by atoms with Crippen LogP contribution < -0.4 is 5.32 Å². The minimum Gasteiger partial charge on any atom is -0.375 e. The molecule has 0 amide bonds. The molecule has 1 spiro atoms. The fraction of sp³-hybridized carbons (Fsp3) is 1.00. The average molecular weight is 281 g/mol. The number of hydrogen-bond acceptors (Lipinski definition) is 2. The van der Waals surface area contributed by atoms with Crippen molar-refractivity contribution in [3.8, 4) is 0 Å². The molecule has 1 saturated carbocycles. The van der Waals surface area contributed by atoms with Crippen LogP contribution in [0.15, 0.2) is 0 Å². The Bertz CT molecular complexity index is 283. The lowest BCUT2D eigenvalue weighted by Crippen LogP contribution is -2.49. The Morgan fingerprint density at radius 1 is 1.20 bits per heavy atom. The topological polar surface area (TPSA) is 21.3 Å². The average Bonchev–Trinajstić information content (AvgIpc) is 2.87. The van der Waals surface area contributed by atoms with Crippen molar-refractivity contribution in [1.29, 1.82) is 0 Å². The van der Waals surface area contributed by atoms with Crippen LogP contribution in [0.3, 0.4) is 0 Å². The molecule has 2 nitrogen and oxygen atoms in total. The van der Waals surface area contributed by atoms with E-state index in [9.17, 15) is 0 Å². The Kier molecular flexibility index (Phi) is 5.92. The van der Waals surface area contributed by atoms with Gasteiger partial charge in [0.05, 0.1) is 5.60 Å². The van der Waals surface area contributed by atoms with Crippen LogP contribution >= 0.6 is 0 Å². The molecule has 0 aromatic rings. The first-order valence-corrected chi connectivity index (χ1v) is 8.95. The number of nitrogens with one attached hydrogen (secondary N) is 1. The molecule has 20 heavy (non-hydrogen) atoms. The zero-order valence-corrected chi connectivity index (χ0v) is 14.1. The third-order valence-corrected chi connectivity index (χ3v) is 5.80. The summed E-state index contributed by atoms with van der Waals surface area (Å²) in [4.78, 5) is 0. The van der Waals surface area contributed by atoms with Crippen molar-refractivity contribution >= 4 is 0 Å². The van der Waals surface area contributed by atoms with Gasteiger partial charge in [-0.25, -0.2) is 0 Å². The van der Waals surface area contributed by atoms with Crippen LogP contribution in [0.5, 0.6) is 0 Å². The van der Waals surface area contributed by atoms with Gasteiger partial charge in [-0.05, 0) is 56.4 Å². The van der Waals surface area contributed by atoms with Crippen LogP contribution in [0.2, 0.25) is 0 Å². The summed E-state index contributed by atoms with van der Waals surface area (Å²) in [5.41, 5.74) is 0.256. The lowest BCUT2D eigenvalue weighted by atomic mass is 9.74. The van der Waals surface area contributed by atoms with Crippen molar-refractivity contribution in [3.05, 3.63) is 0 Å². The molecule has 2 aliphatic rings.